The van der Waals surface area contributed by atoms with E-state index in [1.807, 2.05) is 12.1 Å². The van der Waals surface area contributed by atoms with Crippen LogP contribution in [-0.2, 0) is 11.8 Å². The van der Waals surface area contributed by atoms with Crippen molar-refractivity contribution < 1.29 is 4.74 Å². The number of fused-ring (bicyclic) bond motifs is 1. The number of ether oxygens (including phenoxy) is 1. The van der Waals surface area contributed by atoms with Crippen LogP contribution in [0.15, 0.2) is 18.2 Å². The quantitative estimate of drug-likeness (QED) is 0.908. The number of hydrogen-bond acceptors (Lipinski definition) is 5. The number of hydrogen-bond donors (Lipinski definition) is 1. The van der Waals surface area contributed by atoms with E-state index in [2.05, 4.69) is 41.5 Å². The van der Waals surface area contributed by atoms with E-state index in [1.54, 1.807) is 0 Å². The predicted molar refractivity (Wildman–Crippen MR) is 81.9 cm³/mol. The Balaban J connectivity index is 1.86. The number of anilines is 1. The average molecular weight is 289 g/mol. The molecule has 0 atom stereocenters. The maximum Gasteiger partial charge on any atom is 0.298 e. The molecule has 0 spiro atoms. The lowest BCUT2D eigenvalue weighted by atomic mass is 9.96. The molecule has 2 aromatic rings. The number of rotatable bonds is 2. The number of aryl methyl sites for hydroxylation is 1. The van der Waals surface area contributed by atoms with E-state index in [1.165, 1.54) is 23.5 Å². The first-order chi connectivity index (χ1) is 9.54. The van der Waals surface area contributed by atoms with E-state index >= 15 is 0 Å². The zero-order chi connectivity index (χ0) is 14.2. The second-order valence-electron chi connectivity index (χ2n) is 6.06. The van der Waals surface area contributed by atoms with Gasteiger partial charge in [0.2, 0.25) is 0 Å². The van der Waals surface area contributed by atoms with Crippen LogP contribution in [0, 0.1) is 0 Å². The molecule has 106 valence electrons. The minimum Gasteiger partial charge on any atom is -0.428 e. The molecule has 4 nitrogen and oxygen atoms in total. The van der Waals surface area contributed by atoms with Gasteiger partial charge in [-0.3, -0.25) is 0 Å². The molecule has 1 aliphatic rings. The number of aromatic nitrogens is 2. The van der Waals surface area contributed by atoms with Crippen molar-refractivity contribution in [2.24, 2.45) is 0 Å². The van der Waals surface area contributed by atoms with Crippen LogP contribution in [0.5, 0.6) is 10.9 Å². The van der Waals surface area contributed by atoms with Gasteiger partial charge in [-0.2, -0.15) is 9.36 Å². The summed E-state index contributed by atoms with van der Waals surface area (Å²) in [6.07, 6.45) is 2.27. The Morgan fingerprint density at radius 2 is 2.15 bits per heavy atom. The van der Waals surface area contributed by atoms with Gasteiger partial charge in [0, 0.05) is 23.5 Å². The third-order valence-corrected chi connectivity index (χ3v) is 3.91. The molecule has 0 amide bonds. The van der Waals surface area contributed by atoms with Crippen LogP contribution < -0.4 is 10.1 Å². The van der Waals surface area contributed by atoms with Crippen LogP contribution in [-0.4, -0.2) is 15.9 Å². The van der Waals surface area contributed by atoms with Gasteiger partial charge >= 0.3 is 0 Å². The largest absolute Gasteiger partial charge is 0.428 e. The van der Waals surface area contributed by atoms with E-state index < -0.39 is 0 Å². The van der Waals surface area contributed by atoms with Gasteiger partial charge in [-0.15, -0.1) is 0 Å². The van der Waals surface area contributed by atoms with Gasteiger partial charge in [0.25, 0.3) is 5.19 Å². The molecule has 20 heavy (non-hydrogen) atoms. The molecule has 5 heteroatoms. The van der Waals surface area contributed by atoms with Crippen LogP contribution in [0.1, 0.15) is 38.6 Å². The van der Waals surface area contributed by atoms with E-state index in [0.29, 0.717) is 5.19 Å². The highest BCUT2D eigenvalue weighted by atomic mass is 32.1. The molecular weight excluding hydrogens is 270 g/mol. The maximum absolute atomic E-state index is 5.94. The summed E-state index contributed by atoms with van der Waals surface area (Å²) in [5.41, 5.74) is 2.37. The van der Waals surface area contributed by atoms with Crippen molar-refractivity contribution in [2.45, 2.75) is 39.0 Å². The molecule has 0 unspecified atom stereocenters. The molecule has 3 rings (SSSR count). The molecule has 2 heterocycles. The van der Waals surface area contributed by atoms with Crippen molar-refractivity contribution in [1.29, 1.82) is 0 Å². The monoisotopic (exact) mass is 289 g/mol. The molecule has 1 aliphatic heterocycles. The normalized spacial score (nSPS) is 14.6. The van der Waals surface area contributed by atoms with Gasteiger partial charge in [0.15, 0.2) is 11.6 Å². The van der Waals surface area contributed by atoms with Crippen LogP contribution in [0.2, 0.25) is 0 Å². The zero-order valence-electron chi connectivity index (χ0n) is 12.1. The fraction of sp³-hybridized carbons (Fsp3) is 0.467. The molecule has 0 saturated carbocycles. The first kappa shape index (κ1) is 13.4. The molecule has 0 bridgehead atoms. The van der Waals surface area contributed by atoms with E-state index in [9.17, 15) is 0 Å². The second kappa shape index (κ2) is 5.05. The molecule has 0 aliphatic carbocycles. The Morgan fingerprint density at radius 1 is 1.30 bits per heavy atom. The minimum atomic E-state index is -0.0491. The maximum atomic E-state index is 5.94. The molecule has 0 saturated heterocycles. The number of benzene rings is 1. The second-order valence-corrected chi connectivity index (χ2v) is 6.77. The predicted octanol–water partition coefficient (Wildman–Crippen LogP) is 3.99. The Bertz CT molecular complexity index is 616. The lowest BCUT2D eigenvalue weighted by Crippen LogP contribution is -2.13. The molecular formula is C15H19N3OS. The van der Waals surface area contributed by atoms with Crippen LogP contribution in [0.25, 0.3) is 0 Å². The van der Waals surface area contributed by atoms with Crippen molar-refractivity contribution in [1.82, 2.24) is 9.36 Å². The average Bonchev–Trinajstić information content (AvgIpc) is 2.88. The van der Waals surface area contributed by atoms with Crippen molar-refractivity contribution in [3.63, 3.8) is 0 Å². The Morgan fingerprint density at radius 3 is 2.90 bits per heavy atom. The summed E-state index contributed by atoms with van der Waals surface area (Å²) >= 11 is 1.31. The Labute approximate surface area is 123 Å². The van der Waals surface area contributed by atoms with Gasteiger partial charge in [-0.05, 0) is 24.5 Å². The SMILES string of the molecule is CC(C)(C)c1nsc(Oc2cccc3c2NCCC3)n1. The smallest absolute Gasteiger partial charge is 0.298 e. The van der Waals surface area contributed by atoms with Crippen LogP contribution in [0.3, 0.4) is 0 Å². The van der Waals surface area contributed by atoms with Crippen LogP contribution >= 0.6 is 11.5 Å². The third-order valence-electron chi connectivity index (χ3n) is 3.31. The Hall–Kier alpha value is -1.62. The highest BCUT2D eigenvalue weighted by Crippen LogP contribution is 2.36. The Kier molecular flexibility index (Phi) is 3.38. The summed E-state index contributed by atoms with van der Waals surface area (Å²) in [7, 11) is 0. The standard InChI is InChI=1S/C15H19N3OS/c1-15(2,3)13-17-14(20-18-13)19-11-8-4-6-10-7-5-9-16-12(10)11/h4,6,8,16H,5,7,9H2,1-3H3. The lowest BCUT2D eigenvalue weighted by molar-refractivity contribution is 0.468. The van der Waals surface area contributed by atoms with Gasteiger partial charge < -0.3 is 10.1 Å². The van der Waals surface area contributed by atoms with Crippen molar-refractivity contribution in [2.75, 3.05) is 11.9 Å². The summed E-state index contributed by atoms with van der Waals surface area (Å²) in [5, 5.41) is 4.03. The number of nitrogens with one attached hydrogen (secondary N) is 1. The highest BCUT2D eigenvalue weighted by Gasteiger charge is 2.21. The highest BCUT2D eigenvalue weighted by molar-refractivity contribution is 7.07. The summed E-state index contributed by atoms with van der Waals surface area (Å²) in [4.78, 5) is 4.48. The molecule has 1 N–H and O–H groups in total. The van der Waals surface area contributed by atoms with E-state index in [-0.39, 0.29) is 5.41 Å². The summed E-state index contributed by atoms with van der Waals surface area (Å²) in [6, 6.07) is 6.16. The molecule has 1 aromatic carbocycles. The fourth-order valence-corrected chi connectivity index (χ4v) is 2.95. The zero-order valence-corrected chi connectivity index (χ0v) is 12.9. The third kappa shape index (κ3) is 2.63. The molecule has 0 fully saturated rings. The fourth-order valence-electron chi connectivity index (χ4n) is 2.21. The van der Waals surface area contributed by atoms with Crippen molar-refractivity contribution in [3.8, 4) is 10.9 Å². The van der Waals surface area contributed by atoms with Gasteiger partial charge in [0.05, 0.1) is 5.69 Å². The van der Waals surface area contributed by atoms with Crippen LogP contribution in [0.4, 0.5) is 5.69 Å². The van der Waals surface area contributed by atoms with Gasteiger partial charge in [-0.1, -0.05) is 32.9 Å². The summed E-state index contributed by atoms with van der Waals surface area (Å²) in [6.45, 7) is 7.30. The van der Waals surface area contributed by atoms with Gasteiger partial charge in [-0.25, -0.2) is 0 Å². The summed E-state index contributed by atoms with van der Waals surface area (Å²) < 4.78 is 10.3. The topological polar surface area (TPSA) is 47.0 Å². The van der Waals surface area contributed by atoms with E-state index in [4.69, 9.17) is 4.74 Å². The first-order valence-electron chi connectivity index (χ1n) is 6.92. The minimum absolute atomic E-state index is 0.0491. The number of nitrogens with zero attached hydrogens (tertiary/aromatic N) is 2. The molecule has 0 radical (unpaired) electrons. The van der Waals surface area contributed by atoms with Gasteiger partial charge in [0.1, 0.15) is 0 Å². The van der Waals surface area contributed by atoms with Crippen molar-refractivity contribution >= 4 is 17.2 Å². The molecule has 1 aromatic heterocycles. The van der Waals surface area contributed by atoms with E-state index in [0.717, 1.165) is 30.2 Å². The lowest BCUT2D eigenvalue weighted by Gasteiger charge is -2.20. The first-order valence-corrected chi connectivity index (χ1v) is 7.69. The van der Waals surface area contributed by atoms with Crippen molar-refractivity contribution in [3.05, 3.63) is 29.6 Å². The number of para-hydroxylation sites is 1. The summed E-state index contributed by atoms with van der Waals surface area (Å²) in [5.74, 6) is 1.68.